The Morgan fingerprint density at radius 3 is 2.11 bits per heavy atom. The van der Waals surface area contributed by atoms with Gasteiger partial charge in [-0.25, -0.2) is 0 Å². The van der Waals surface area contributed by atoms with E-state index in [4.69, 9.17) is 9.31 Å². The largest absolute Gasteiger partial charge is 0.466 e. The zero-order valence-electron chi connectivity index (χ0n) is 12.8. The molecule has 1 atom stereocenters. The summed E-state index contributed by atoms with van der Waals surface area (Å²) in [5.41, 5.74) is 0.607. The molecule has 0 N–H and O–H groups in total. The maximum atomic E-state index is 6.19. The summed E-state index contributed by atoms with van der Waals surface area (Å²) in [6.07, 6.45) is 3.71. The Morgan fingerprint density at radius 1 is 1.11 bits per heavy atom. The molecule has 0 saturated carbocycles. The molecule has 0 bridgehead atoms. The number of hydrogen-bond acceptors (Lipinski definition) is 3. The maximum Gasteiger partial charge on any atom is 0.466 e. The topological polar surface area (TPSA) is 31.4 Å². The van der Waals surface area contributed by atoms with Gasteiger partial charge in [-0.3, -0.25) is 4.98 Å². The van der Waals surface area contributed by atoms with Crippen LogP contribution < -0.4 is 0 Å². The smallest absolute Gasteiger partial charge is 0.403 e. The first-order valence-corrected chi connectivity index (χ1v) is 7.00. The third-order valence-electron chi connectivity index (χ3n) is 4.35. The van der Waals surface area contributed by atoms with E-state index in [0.29, 0.717) is 5.92 Å². The van der Waals surface area contributed by atoms with Crippen molar-refractivity contribution in [2.24, 2.45) is 5.92 Å². The highest BCUT2D eigenvalue weighted by atomic mass is 16.7. The number of pyridine rings is 1. The quantitative estimate of drug-likeness (QED) is 0.781. The molecule has 4 heteroatoms. The fourth-order valence-corrected chi connectivity index (χ4v) is 2.46. The van der Waals surface area contributed by atoms with Crippen LogP contribution in [-0.4, -0.2) is 23.3 Å². The van der Waals surface area contributed by atoms with E-state index in [1.165, 1.54) is 5.56 Å². The van der Waals surface area contributed by atoms with Crippen LogP contribution in [0.1, 0.15) is 52.9 Å². The van der Waals surface area contributed by atoms with Crippen molar-refractivity contribution >= 4 is 7.12 Å². The van der Waals surface area contributed by atoms with Gasteiger partial charge in [0.25, 0.3) is 0 Å². The number of nitrogens with zero attached hydrogens (tertiary/aromatic N) is 1. The molecule has 104 valence electrons. The van der Waals surface area contributed by atoms with Crippen LogP contribution in [-0.2, 0) is 9.31 Å². The molecule has 2 heterocycles. The highest BCUT2D eigenvalue weighted by Crippen LogP contribution is 2.42. The van der Waals surface area contributed by atoms with E-state index < -0.39 is 0 Å². The lowest BCUT2D eigenvalue weighted by atomic mass is 9.63. The first-order valence-electron chi connectivity index (χ1n) is 7.00. The third-order valence-corrected chi connectivity index (χ3v) is 4.35. The molecule has 0 amide bonds. The van der Waals surface area contributed by atoms with Crippen LogP contribution in [0.4, 0.5) is 0 Å². The van der Waals surface area contributed by atoms with Crippen LogP contribution in [0.5, 0.6) is 0 Å². The van der Waals surface area contributed by atoms with E-state index >= 15 is 0 Å². The van der Waals surface area contributed by atoms with Crippen LogP contribution in [0.15, 0.2) is 24.5 Å². The summed E-state index contributed by atoms with van der Waals surface area (Å²) in [5, 5.41) is 0. The molecule has 0 aliphatic carbocycles. The van der Waals surface area contributed by atoms with Gasteiger partial charge in [0.2, 0.25) is 0 Å². The Hall–Kier alpha value is -0.865. The monoisotopic (exact) mass is 261 g/mol. The number of rotatable bonds is 3. The molecule has 1 aromatic rings. The lowest BCUT2D eigenvalue weighted by Crippen LogP contribution is -2.41. The van der Waals surface area contributed by atoms with Crippen molar-refractivity contribution in [3.8, 4) is 0 Å². The molecule has 19 heavy (non-hydrogen) atoms. The first kappa shape index (κ1) is 14.5. The summed E-state index contributed by atoms with van der Waals surface area (Å²) in [4.78, 5) is 4.22. The van der Waals surface area contributed by atoms with E-state index in [1.54, 1.807) is 6.20 Å². The second-order valence-corrected chi connectivity index (χ2v) is 6.68. The molecule has 0 aromatic carbocycles. The minimum absolute atomic E-state index is 0.203. The Balaban J connectivity index is 2.29. The van der Waals surface area contributed by atoms with Gasteiger partial charge in [-0.15, -0.1) is 0 Å². The zero-order valence-corrected chi connectivity index (χ0v) is 12.8. The molecule has 2 rings (SSSR count). The van der Waals surface area contributed by atoms with Gasteiger partial charge in [0.05, 0.1) is 11.2 Å². The Bertz CT molecular complexity index is 415. The minimum atomic E-state index is -0.285. The lowest BCUT2D eigenvalue weighted by molar-refractivity contribution is 0.00578. The second kappa shape index (κ2) is 4.91. The summed E-state index contributed by atoms with van der Waals surface area (Å²) in [7, 11) is -0.214. The van der Waals surface area contributed by atoms with Crippen molar-refractivity contribution < 1.29 is 9.31 Å². The summed E-state index contributed by atoms with van der Waals surface area (Å²) in [5.74, 6) is 0.633. The van der Waals surface area contributed by atoms with Crippen molar-refractivity contribution in [3.63, 3.8) is 0 Å². The molecule has 1 aliphatic rings. The van der Waals surface area contributed by atoms with Crippen LogP contribution in [0.3, 0.4) is 0 Å². The van der Waals surface area contributed by atoms with Gasteiger partial charge in [0, 0.05) is 18.2 Å². The average molecular weight is 261 g/mol. The van der Waals surface area contributed by atoms with Gasteiger partial charge in [-0.05, 0) is 45.2 Å². The van der Waals surface area contributed by atoms with Crippen molar-refractivity contribution in [3.05, 3.63) is 30.1 Å². The molecule has 1 aromatic heterocycles. The molecular weight excluding hydrogens is 237 g/mol. The van der Waals surface area contributed by atoms with Crippen molar-refractivity contribution in [2.45, 2.75) is 58.6 Å². The molecule has 0 spiro atoms. The van der Waals surface area contributed by atoms with Crippen LogP contribution in [0, 0.1) is 5.92 Å². The fraction of sp³-hybridized carbons (Fsp3) is 0.667. The van der Waals surface area contributed by atoms with Gasteiger partial charge >= 0.3 is 7.12 Å². The Kier molecular flexibility index (Phi) is 3.76. The molecule has 3 nitrogen and oxygen atoms in total. The molecule has 1 unspecified atom stereocenters. The average Bonchev–Trinajstić information content (AvgIpc) is 2.48. The predicted octanol–water partition coefficient (Wildman–Crippen LogP) is 3.45. The lowest BCUT2D eigenvalue weighted by Gasteiger charge is -2.32. The standard InChI is InChI=1S/C15H24BNO2/c1-11(2)13(12-8-7-9-17-10-12)16-18-14(3,4)15(5,6)19-16/h7-11,13H,1-6H3. The number of hydrogen-bond donors (Lipinski definition) is 0. The summed E-state index contributed by atoms with van der Waals surface area (Å²) in [6, 6.07) is 4.07. The van der Waals surface area contributed by atoms with Gasteiger partial charge in [-0.2, -0.15) is 0 Å². The molecule has 1 aliphatic heterocycles. The fourth-order valence-electron chi connectivity index (χ4n) is 2.46. The molecule has 1 saturated heterocycles. The zero-order chi connectivity index (χ0) is 14.3. The van der Waals surface area contributed by atoms with Crippen LogP contribution in [0.2, 0.25) is 0 Å². The van der Waals surface area contributed by atoms with Crippen molar-refractivity contribution in [2.75, 3.05) is 0 Å². The summed E-state index contributed by atoms with van der Waals surface area (Å²) >= 11 is 0. The van der Waals surface area contributed by atoms with Crippen molar-refractivity contribution in [1.82, 2.24) is 4.98 Å². The Morgan fingerprint density at radius 2 is 1.68 bits per heavy atom. The van der Waals surface area contributed by atoms with E-state index in [0.717, 1.165) is 0 Å². The van der Waals surface area contributed by atoms with Gasteiger partial charge in [0.15, 0.2) is 0 Å². The minimum Gasteiger partial charge on any atom is -0.403 e. The van der Waals surface area contributed by atoms with Crippen molar-refractivity contribution in [1.29, 1.82) is 0 Å². The van der Waals surface area contributed by atoms with E-state index in [9.17, 15) is 0 Å². The molecule has 0 radical (unpaired) electrons. The van der Waals surface area contributed by atoms with Crippen LogP contribution >= 0.6 is 0 Å². The molecular formula is C15H24BNO2. The summed E-state index contributed by atoms with van der Waals surface area (Å²) in [6.45, 7) is 12.8. The second-order valence-electron chi connectivity index (χ2n) is 6.68. The maximum absolute atomic E-state index is 6.19. The van der Waals surface area contributed by atoms with E-state index in [-0.39, 0.29) is 24.1 Å². The summed E-state index contributed by atoms with van der Waals surface area (Å²) < 4.78 is 12.4. The highest BCUT2D eigenvalue weighted by molar-refractivity contribution is 6.47. The highest BCUT2D eigenvalue weighted by Gasteiger charge is 2.54. The third kappa shape index (κ3) is 2.70. The van der Waals surface area contributed by atoms with E-state index in [1.807, 2.05) is 12.3 Å². The first-order chi connectivity index (χ1) is 8.74. The normalized spacial score (nSPS) is 22.8. The van der Waals surface area contributed by atoms with Gasteiger partial charge < -0.3 is 9.31 Å². The SMILES string of the molecule is CC(C)C(B1OC(C)(C)C(C)(C)O1)c1cccnc1. The number of aromatic nitrogens is 1. The Labute approximate surface area is 116 Å². The molecule has 1 fully saturated rings. The predicted molar refractivity (Wildman–Crippen MR) is 77.9 cm³/mol. The van der Waals surface area contributed by atoms with Crippen LogP contribution in [0.25, 0.3) is 0 Å². The van der Waals surface area contributed by atoms with Gasteiger partial charge in [0.1, 0.15) is 0 Å². The van der Waals surface area contributed by atoms with E-state index in [2.05, 4.69) is 52.6 Å². The van der Waals surface area contributed by atoms with Gasteiger partial charge in [-0.1, -0.05) is 19.9 Å².